The smallest absolute Gasteiger partial charge is 0.255 e. The van der Waals surface area contributed by atoms with Gasteiger partial charge in [-0.2, -0.15) is 0 Å². The highest BCUT2D eigenvalue weighted by Gasteiger charge is 2.13. The molecule has 4 N–H and O–H groups in total. The molecule has 0 saturated heterocycles. The average Bonchev–Trinajstić information content (AvgIpc) is 2.93. The number of amides is 1. The van der Waals surface area contributed by atoms with Crippen LogP contribution in [0, 0.1) is 0 Å². The van der Waals surface area contributed by atoms with Crippen LogP contribution in [0.5, 0.6) is 0 Å². The molecule has 0 unspecified atom stereocenters. The molecule has 4 aromatic carbocycles. The maximum atomic E-state index is 13.0. The number of fused-ring (bicyclic) bond motifs is 1. The minimum absolute atomic E-state index is 0.197. The Labute approximate surface area is 236 Å². The molecule has 196 valence electrons. The van der Waals surface area contributed by atoms with Crippen LogP contribution in [0.1, 0.15) is 21.5 Å². The molecule has 0 spiro atoms. The van der Waals surface area contributed by atoms with E-state index in [9.17, 15) is 4.79 Å². The van der Waals surface area contributed by atoms with Crippen molar-refractivity contribution < 1.29 is 4.79 Å². The third kappa shape index (κ3) is 6.31. The molecule has 0 atom stereocenters. The van der Waals surface area contributed by atoms with Crippen molar-refractivity contribution in [1.29, 1.82) is 0 Å². The highest BCUT2D eigenvalue weighted by molar-refractivity contribution is 9.10. The van der Waals surface area contributed by atoms with Gasteiger partial charge in [0.15, 0.2) is 0 Å². The zero-order valence-corrected chi connectivity index (χ0v) is 23.4. The molecule has 0 aliphatic rings. The molecule has 5 aromatic rings. The van der Waals surface area contributed by atoms with Gasteiger partial charge in [0.05, 0.1) is 11.2 Å². The normalized spacial score (nSPS) is 11.1. The van der Waals surface area contributed by atoms with Gasteiger partial charge in [0.1, 0.15) is 0 Å². The molecule has 0 aliphatic heterocycles. The number of anilines is 3. The fourth-order valence-electron chi connectivity index (χ4n) is 4.40. The standard InChI is InChI=1S/C31H29BrN6O/c1-38(2)19-20-10-11-23(18-33)28(16-20)35-30(39)21-12-14-25(15-13-21)34-31-36-27-9-4-3-8-26(27)29(37-31)22-6-5-7-24(32)17-22/h3-17H,18-19,33H2,1-2H3,(H,35,39)(H,34,36,37). The first-order valence-electron chi connectivity index (χ1n) is 12.6. The lowest BCUT2D eigenvalue weighted by Gasteiger charge is -2.15. The van der Waals surface area contributed by atoms with Crippen LogP contribution in [0.4, 0.5) is 17.3 Å². The van der Waals surface area contributed by atoms with Crippen LogP contribution >= 0.6 is 15.9 Å². The van der Waals surface area contributed by atoms with E-state index in [-0.39, 0.29) is 5.91 Å². The summed E-state index contributed by atoms with van der Waals surface area (Å²) in [6.07, 6.45) is 0. The minimum Gasteiger partial charge on any atom is -0.326 e. The predicted molar refractivity (Wildman–Crippen MR) is 162 cm³/mol. The fourth-order valence-corrected chi connectivity index (χ4v) is 4.80. The number of carbonyl (C=O) groups is 1. The van der Waals surface area contributed by atoms with Gasteiger partial charge in [-0.05, 0) is 73.8 Å². The van der Waals surface area contributed by atoms with Crippen LogP contribution < -0.4 is 16.4 Å². The van der Waals surface area contributed by atoms with Crippen LogP contribution in [0.25, 0.3) is 22.2 Å². The number of nitrogens with two attached hydrogens (primary N) is 1. The van der Waals surface area contributed by atoms with E-state index in [4.69, 9.17) is 15.7 Å². The van der Waals surface area contributed by atoms with Crippen molar-refractivity contribution >= 4 is 50.1 Å². The molecular formula is C31H29BrN6O. The second-order valence-electron chi connectivity index (χ2n) is 9.51. The van der Waals surface area contributed by atoms with Gasteiger partial charge in [-0.15, -0.1) is 0 Å². The van der Waals surface area contributed by atoms with Crippen molar-refractivity contribution in [2.24, 2.45) is 5.73 Å². The number of aromatic nitrogens is 2. The number of para-hydroxylation sites is 1. The molecule has 39 heavy (non-hydrogen) atoms. The molecule has 5 rings (SSSR count). The number of benzene rings is 4. The van der Waals surface area contributed by atoms with Crippen LogP contribution in [0.3, 0.4) is 0 Å². The molecule has 0 radical (unpaired) electrons. The maximum Gasteiger partial charge on any atom is 0.255 e. The van der Waals surface area contributed by atoms with E-state index in [1.165, 1.54) is 0 Å². The van der Waals surface area contributed by atoms with Gasteiger partial charge in [0.2, 0.25) is 5.95 Å². The average molecular weight is 582 g/mol. The third-order valence-corrected chi connectivity index (χ3v) is 6.74. The Morgan fingerprint density at radius 1 is 0.923 bits per heavy atom. The van der Waals surface area contributed by atoms with Gasteiger partial charge in [-0.3, -0.25) is 4.79 Å². The third-order valence-electron chi connectivity index (χ3n) is 6.25. The molecule has 0 bridgehead atoms. The van der Waals surface area contributed by atoms with Crippen molar-refractivity contribution in [3.63, 3.8) is 0 Å². The van der Waals surface area contributed by atoms with E-state index in [2.05, 4.69) is 31.5 Å². The molecule has 8 heteroatoms. The monoisotopic (exact) mass is 580 g/mol. The van der Waals surface area contributed by atoms with Crippen molar-refractivity contribution in [2.45, 2.75) is 13.1 Å². The van der Waals surface area contributed by atoms with E-state index < -0.39 is 0 Å². The van der Waals surface area contributed by atoms with Gasteiger partial charge in [0.25, 0.3) is 5.91 Å². The van der Waals surface area contributed by atoms with Gasteiger partial charge in [0, 0.05) is 45.5 Å². The molecule has 0 fully saturated rings. The Morgan fingerprint density at radius 2 is 1.72 bits per heavy atom. The summed E-state index contributed by atoms with van der Waals surface area (Å²) in [6, 6.07) is 29.2. The number of hydrogen-bond acceptors (Lipinski definition) is 6. The largest absolute Gasteiger partial charge is 0.326 e. The summed E-state index contributed by atoms with van der Waals surface area (Å²) in [7, 11) is 4.02. The zero-order chi connectivity index (χ0) is 27.4. The van der Waals surface area contributed by atoms with Gasteiger partial charge in [-0.1, -0.05) is 58.4 Å². The fraction of sp³-hybridized carbons (Fsp3) is 0.129. The first-order chi connectivity index (χ1) is 18.9. The van der Waals surface area contributed by atoms with E-state index in [1.807, 2.05) is 93.0 Å². The number of rotatable bonds is 8. The van der Waals surface area contributed by atoms with Gasteiger partial charge in [-0.25, -0.2) is 9.97 Å². The second-order valence-corrected chi connectivity index (χ2v) is 10.4. The number of nitrogens with zero attached hydrogens (tertiary/aromatic N) is 3. The first kappa shape index (κ1) is 26.5. The van der Waals surface area contributed by atoms with Crippen LogP contribution in [0.15, 0.2) is 95.5 Å². The summed E-state index contributed by atoms with van der Waals surface area (Å²) in [4.78, 5) is 24.7. The lowest BCUT2D eigenvalue weighted by molar-refractivity contribution is 0.102. The predicted octanol–water partition coefficient (Wildman–Crippen LogP) is 6.58. The Bertz CT molecular complexity index is 1630. The SMILES string of the molecule is CN(C)Cc1ccc(CN)c(NC(=O)c2ccc(Nc3nc(-c4cccc(Br)c4)c4ccccc4n3)cc2)c1. The summed E-state index contributed by atoms with van der Waals surface area (Å²) in [5.41, 5.74) is 12.6. The lowest BCUT2D eigenvalue weighted by atomic mass is 10.1. The lowest BCUT2D eigenvalue weighted by Crippen LogP contribution is -2.16. The summed E-state index contributed by atoms with van der Waals surface area (Å²) < 4.78 is 0.981. The van der Waals surface area contributed by atoms with E-state index in [0.29, 0.717) is 18.1 Å². The van der Waals surface area contributed by atoms with Crippen LogP contribution in [-0.2, 0) is 13.1 Å². The van der Waals surface area contributed by atoms with Crippen molar-refractivity contribution in [2.75, 3.05) is 24.7 Å². The second kappa shape index (κ2) is 11.7. The number of nitrogens with one attached hydrogen (secondary N) is 2. The minimum atomic E-state index is -0.197. The van der Waals surface area contributed by atoms with Crippen LogP contribution in [-0.4, -0.2) is 34.9 Å². The molecule has 7 nitrogen and oxygen atoms in total. The zero-order valence-electron chi connectivity index (χ0n) is 21.8. The van der Waals surface area contributed by atoms with Crippen molar-refractivity contribution in [3.05, 3.63) is 112 Å². The van der Waals surface area contributed by atoms with Crippen molar-refractivity contribution in [3.8, 4) is 11.3 Å². The van der Waals surface area contributed by atoms with E-state index in [0.717, 1.165) is 55.7 Å². The molecule has 1 aromatic heterocycles. The maximum absolute atomic E-state index is 13.0. The number of carbonyl (C=O) groups excluding carboxylic acids is 1. The molecule has 0 aliphatic carbocycles. The van der Waals surface area contributed by atoms with Gasteiger partial charge >= 0.3 is 0 Å². The molecule has 1 heterocycles. The van der Waals surface area contributed by atoms with Crippen LogP contribution in [0.2, 0.25) is 0 Å². The first-order valence-corrected chi connectivity index (χ1v) is 13.4. The van der Waals surface area contributed by atoms with E-state index >= 15 is 0 Å². The Hall–Kier alpha value is -4.11. The number of halogens is 1. The number of hydrogen-bond donors (Lipinski definition) is 3. The van der Waals surface area contributed by atoms with Crippen molar-refractivity contribution in [1.82, 2.24) is 14.9 Å². The summed E-state index contributed by atoms with van der Waals surface area (Å²) in [5, 5.41) is 7.29. The topological polar surface area (TPSA) is 96.2 Å². The summed E-state index contributed by atoms with van der Waals surface area (Å²) >= 11 is 3.56. The molecule has 1 amide bonds. The quantitative estimate of drug-likeness (QED) is 0.192. The Balaban J connectivity index is 1.37. The highest BCUT2D eigenvalue weighted by Crippen LogP contribution is 2.30. The Morgan fingerprint density at radius 3 is 2.46 bits per heavy atom. The molecule has 0 saturated carbocycles. The Kier molecular flexibility index (Phi) is 7.97. The summed E-state index contributed by atoms with van der Waals surface area (Å²) in [6.45, 7) is 1.11. The van der Waals surface area contributed by atoms with E-state index in [1.54, 1.807) is 12.1 Å². The van der Waals surface area contributed by atoms with Gasteiger partial charge < -0.3 is 21.3 Å². The molecular weight excluding hydrogens is 552 g/mol. The highest BCUT2D eigenvalue weighted by atomic mass is 79.9. The summed E-state index contributed by atoms with van der Waals surface area (Å²) in [5.74, 6) is 0.281.